The first-order valence-corrected chi connectivity index (χ1v) is 8.10. The second-order valence-electron chi connectivity index (χ2n) is 5.31. The van der Waals surface area contributed by atoms with Crippen LogP contribution in [0, 0.1) is 25.2 Å². The zero-order valence-electron chi connectivity index (χ0n) is 13.4. The largest absolute Gasteiger partial charge is 0.264 e. The maximum absolute atomic E-state index is 9.44. The Hall–Kier alpha value is -2.48. The number of halogens is 1. The summed E-state index contributed by atoms with van der Waals surface area (Å²) in [6, 6.07) is 12.3. The predicted molar refractivity (Wildman–Crippen MR) is 102 cm³/mol. The fraction of sp³-hybridized carbons (Fsp3) is 0.105. The molecule has 3 nitrogen and oxygen atoms in total. The summed E-state index contributed by atoms with van der Waals surface area (Å²) < 4.78 is 0. The topological polar surface area (TPSA) is 49.6 Å². The minimum Gasteiger partial charge on any atom is -0.264 e. The molecule has 0 aliphatic heterocycles. The number of hydrogen-bond donors (Lipinski definition) is 0. The Bertz CT molecular complexity index is 908. The molecular weight excluding hydrogens is 338 g/mol. The first-order valence-electron chi connectivity index (χ1n) is 7.23. The van der Waals surface area contributed by atoms with Crippen LogP contribution < -0.4 is 0 Å². The minimum absolute atomic E-state index is 0. The third-order valence-electron chi connectivity index (χ3n) is 3.51. The number of allylic oxidation sites excluding steroid dienone is 1. The highest BCUT2D eigenvalue weighted by molar-refractivity contribution is 7.11. The van der Waals surface area contributed by atoms with E-state index in [2.05, 4.69) is 48.1 Å². The summed E-state index contributed by atoms with van der Waals surface area (Å²) >= 11 is 1.49. The molecule has 0 amide bonds. The highest BCUT2D eigenvalue weighted by atomic mass is 35.5. The Labute approximate surface area is 151 Å². The highest BCUT2D eigenvalue weighted by Gasteiger charge is 2.10. The normalized spacial score (nSPS) is 10.8. The van der Waals surface area contributed by atoms with Crippen molar-refractivity contribution in [3.8, 4) is 17.3 Å². The lowest BCUT2D eigenvalue weighted by Gasteiger charge is -2.03. The van der Waals surface area contributed by atoms with E-state index in [1.54, 1.807) is 12.4 Å². The molecule has 120 valence electrons. The zero-order valence-corrected chi connectivity index (χ0v) is 15.0. The molecule has 0 aliphatic rings. The monoisotopic (exact) mass is 353 g/mol. The first-order chi connectivity index (χ1) is 11.2. The van der Waals surface area contributed by atoms with E-state index in [0.29, 0.717) is 5.57 Å². The average Bonchev–Trinajstić information content (AvgIpc) is 3.03. The van der Waals surface area contributed by atoms with E-state index in [-0.39, 0.29) is 12.4 Å². The Balaban J connectivity index is 0.00000208. The van der Waals surface area contributed by atoms with Gasteiger partial charge in [-0.2, -0.15) is 5.26 Å². The smallest absolute Gasteiger partial charge is 0.134 e. The second-order valence-corrected chi connectivity index (χ2v) is 6.17. The number of hydrogen-bond acceptors (Lipinski definition) is 4. The predicted octanol–water partition coefficient (Wildman–Crippen LogP) is 5.31. The second kappa shape index (κ2) is 7.87. The molecule has 2 heterocycles. The molecule has 0 fully saturated rings. The molecular formula is C19H16ClN3S. The fourth-order valence-electron chi connectivity index (χ4n) is 2.39. The van der Waals surface area contributed by atoms with Crippen LogP contribution >= 0.6 is 23.7 Å². The van der Waals surface area contributed by atoms with Crippen LogP contribution in [0.25, 0.3) is 22.9 Å². The van der Waals surface area contributed by atoms with Gasteiger partial charge in [0.2, 0.25) is 0 Å². The van der Waals surface area contributed by atoms with E-state index in [4.69, 9.17) is 0 Å². The van der Waals surface area contributed by atoms with E-state index in [0.717, 1.165) is 21.8 Å². The van der Waals surface area contributed by atoms with Crippen LogP contribution in [0.15, 0.2) is 48.1 Å². The summed E-state index contributed by atoms with van der Waals surface area (Å²) in [5.74, 6) is 0. The number of aryl methyl sites for hydroxylation is 2. The Morgan fingerprint density at radius 1 is 1.25 bits per heavy atom. The molecule has 1 aromatic carbocycles. The zero-order chi connectivity index (χ0) is 16.2. The Kier molecular flexibility index (Phi) is 5.86. The summed E-state index contributed by atoms with van der Waals surface area (Å²) in [6.07, 6.45) is 5.26. The van der Waals surface area contributed by atoms with E-state index < -0.39 is 0 Å². The Morgan fingerprint density at radius 3 is 2.75 bits per heavy atom. The van der Waals surface area contributed by atoms with Gasteiger partial charge in [-0.05, 0) is 37.1 Å². The highest BCUT2D eigenvalue weighted by Crippen LogP contribution is 2.29. The van der Waals surface area contributed by atoms with Crippen molar-refractivity contribution in [2.75, 3.05) is 0 Å². The van der Waals surface area contributed by atoms with Gasteiger partial charge in [-0.3, -0.25) is 4.98 Å². The van der Waals surface area contributed by atoms with Crippen LogP contribution in [0.1, 0.15) is 21.7 Å². The summed E-state index contributed by atoms with van der Waals surface area (Å²) in [7, 11) is 0. The number of rotatable bonds is 3. The van der Waals surface area contributed by atoms with E-state index in [1.807, 2.05) is 23.6 Å². The quantitative estimate of drug-likeness (QED) is 0.599. The van der Waals surface area contributed by atoms with Crippen molar-refractivity contribution in [2.24, 2.45) is 0 Å². The SMILES string of the molecule is Cc1ccc(-c2csc(/C(C#N)=C/c3cccnc3)n2)c(C)c1.Cl. The molecule has 0 bridgehead atoms. The van der Waals surface area contributed by atoms with Crippen molar-refractivity contribution in [2.45, 2.75) is 13.8 Å². The lowest BCUT2D eigenvalue weighted by Crippen LogP contribution is -1.86. The number of pyridine rings is 1. The van der Waals surface area contributed by atoms with Crippen LogP contribution in [-0.2, 0) is 0 Å². The van der Waals surface area contributed by atoms with Gasteiger partial charge in [-0.15, -0.1) is 23.7 Å². The number of nitrogens with zero attached hydrogens (tertiary/aromatic N) is 3. The minimum atomic E-state index is 0. The van der Waals surface area contributed by atoms with Gasteiger partial charge in [0.1, 0.15) is 11.1 Å². The third kappa shape index (κ3) is 3.88. The van der Waals surface area contributed by atoms with Crippen molar-refractivity contribution in [1.29, 1.82) is 5.26 Å². The molecule has 0 atom stereocenters. The molecule has 0 aliphatic carbocycles. The maximum Gasteiger partial charge on any atom is 0.134 e. The summed E-state index contributed by atoms with van der Waals surface area (Å²) in [5, 5.41) is 12.2. The lowest BCUT2D eigenvalue weighted by atomic mass is 10.0. The van der Waals surface area contributed by atoms with Crippen LogP contribution in [0.2, 0.25) is 0 Å². The van der Waals surface area contributed by atoms with Crippen LogP contribution in [-0.4, -0.2) is 9.97 Å². The standard InChI is InChI=1S/C19H15N3S.ClH/c1-13-5-6-17(14(2)8-13)18-12-23-19(22-18)16(10-20)9-15-4-3-7-21-11-15;/h3-9,11-12H,1-2H3;1H/b16-9+;. The molecule has 0 unspecified atom stereocenters. The van der Waals surface area contributed by atoms with Gasteiger partial charge in [0.25, 0.3) is 0 Å². The van der Waals surface area contributed by atoms with Crippen LogP contribution in [0.5, 0.6) is 0 Å². The van der Waals surface area contributed by atoms with Crippen molar-refractivity contribution >= 4 is 35.4 Å². The van der Waals surface area contributed by atoms with Gasteiger partial charge in [-0.1, -0.05) is 29.8 Å². The molecule has 5 heteroatoms. The summed E-state index contributed by atoms with van der Waals surface area (Å²) in [6.45, 7) is 4.16. The molecule has 3 rings (SSSR count). The van der Waals surface area contributed by atoms with Crippen molar-refractivity contribution in [3.05, 3.63) is 69.8 Å². The van der Waals surface area contributed by atoms with E-state index >= 15 is 0 Å². The van der Waals surface area contributed by atoms with Gasteiger partial charge >= 0.3 is 0 Å². The van der Waals surface area contributed by atoms with Gasteiger partial charge in [0, 0.05) is 23.3 Å². The number of benzene rings is 1. The fourth-order valence-corrected chi connectivity index (χ4v) is 3.18. The van der Waals surface area contributed by atoms with E-state index in [9.17, 15) is 5.26 Å². The summed E-state index contributed by atoms with van der Waals surface area (Å²) in [4.78, 5) is 8.71. The van der Waals surface area contributed by atoms with Crippen molar-refractivity contribution in [1.82, 2.24) is 9.97 Å². The van der Waals surface area contributed by atoms with Gasteiger partial charge in [-0.25, -0.2) is 4.98 Å². The molecule has 0 N–H and O–H groups in total. The molecule has 0 spiro atoms. The van der Waals surface area contributed by atoms with Crippen molar-refractivity contribution in [3.63, 3.8) is 0 Å². The number of thiazole rings is 1. The van der Waals surface area contributed by atoms with Gasteiger partial charge in [0.05, 0.1) is 11.3 Å². The average molecular weight is 354 g/mol. The van der Waals surface area contributed by atoms with Crippen LogP contribution in [0.4, 0.5) is 0 Å². The van der Waals surface area contributed by atoms with Gasteiger partial charge < -0.3 is 0 Å². The molecule has 0 saturated heterocycles. The molecule has 2 aromatic heterocycles. The molecule has 3 aromatic rings. The number of nitriles is 1. The lowest BCUT2D eigenvalue weighted by molar-refractivity contribution is 1.31. The first kappa shape index (κ1) is 17.9. The van der Waals surface area contributed by atoms with Crippen LogP contribution in [0.3, 0.4) is 0 Å². The van der Waals surface area contributed by atoms with Crippen molar-refractivity contribution < 1.29 is 0 Å². The molecule has 0 radical (unpaired) electrons. The Morgan fingerprint density at radius 2 is 2.08 bits per heavy atom. The number of aromatic nitrogens is 2. The maximum atomic E-state index is 9.44. The molecule has 24 heavy (non-hydrogen) atoms. The third-order valence-corrected chi connectivity index (χ3v) is 4.38. The summed E-state index contributed by atoms with van der Waals surface area (Å²) in [5.41, 5.74) is 5.89. The van der Waals surface area contributed by atoms with Gasteiger partial charge in [0.15, 0.2) is 0 Å². The molecule has 0 saturated carbocycles. The van der Waals surface area contributed by atoms with E-state index in [1.165, 1.54) is 22.5 Å².